The minimum atomic E-state index is -1.48. The second-order valence-corrected chi connectivity index (χ2v) is 6.55. The number of rotatable bonds is 5. The van der Waals surface area contributed by atoms with Gasteiger partial charge in [-0.3, -0.25) is 19.3 Å². The Labute approximate surface area is 144 Å². The van der Waals surface area contributed by atoms with Crippen molar-refractivity contribution in [2.45, 2.75) is 44.4 Å². The van der Waals surface area contributed by atoms with Gasteiger partial charge in [0.2, 0.25) is 17.7 Å². The van der Waals surface area contributed by atoms with Crippen molar-refractivity contribution >= 4 is 23.8 Å². The van der Waals surface area contributed by atoms with Gasteiger partial charge >= 0.3 is 6.09 Å². The third-order valence-electron chi connectivity index (χ3n) is 4.79. The first kappa shape index (κ1) is 19.0. The number of hydrogen-bond donors (Lipinski definition) is 4. The molecule has 2 rings (SSSR count). The number of hydrogen-bond acceptors (Lipinski definition) is 5. The predicted molar refractivity (Wildman–Crippen MR) is 85.2 cm³/mol. The van der Waals surface area contributed by atoms with Crippen molar-refractivity contribution in [3.63, 3.8) is 0 Å². The molecule has 0 bridgehead atoms. The van der Waals surface area contributed by atoms with E-state index in [1.165, 1.54) is 11.8 Å². The molecule has 0 unspecified atom stereocenters. The summed E-state index contributed by atoms with van der Waals surface area (Å²) in [6.45, 7) is 2.36. The first-order valence-electron chi connectivity index (χ1n) is 8.28. The summed E-state index contributed by atoms with van der Waals surface area (Å²) in [6.07, 6.45) is -1.02. The SMILES string of the molecule is C[C@H](NC(=O)[C@@H]1CCN(C(=O)[C@@H]2CCCN2C(=O)O)C1)[C@@H](O)C(N)=O. The van der Waals surface area contributed by atoms with E-state index in [9.17, 15) is 24.3 Å². The number of nitrogens with two attached hydrogens (primary N) is 1. The highest BCUT2D eigenvalue weighted by atomic mass is 16.4. The maximum atomic E-state index is 12.5. The monoisotopic (exact) mass is 356 g/mol. The van der Waals surface area contributed by atoms with Crippen LogP contribution >= 0.6 is 0 Å². The summed E-state index contributed by atoms with van der Waals surface area (Å²) in [5.41, 5.74) is 4.99. The molecular formula is C15H24N4O6. The molecule has 4 atom stereocenters. The van der Waals surface area contributed by atoms with Gasteiger partial charge in [-0.2, -0.15) is 0 Å². The summed E-state index contributed by atoms with van der Waals surface area (Å²) in [4.78, 5) is 49.5. The fourth-order valence-corrected chi connectivity index (χ4v) is 3.31. The van der Waals surface area contributed by atoms with Gasteiger partial charge in [0.1, 0.15) is 6.04 Å². The van der Waals surface area contributed by atoms with Crippen molar-refractivity contribution in [1.82, 2.24) is 15.1 Å². The van der Waals surface area contributed by atoms with Crippen LogP contribution in [0.4, 0.5) is 4.79 Å². The molecule has 0 aliphatic carbocycles. The molecule has 2 saturated heterocycles. The molecule has 0 aromatic heterocycles. The Morgan fingerprint density at radius 2 is 1.88 bits per heavy atom. The van der Waals surface area contributed by atoms with Gasteiger partial charge in [0.05, 0.1) is 12.0 Å². The number of aliphatic hydroxyl groups excluding tert-OH is 1. The maximum absolute atomic E-state index is 12.5. The molecule has 2 aliphatic heterocycles. The molecule has 2 heterocycles. The van der Waals surface area contributed by atoms with Gasteiger partial charge in [-0.05, 0) is 26.2 Å². The second kappa shape index (κ2) is 7.68. The molecule has 0 saturated carbocycles. The molecule has 4 amide bonds. The number of amides is 4. The molecule has 25 heavy (non-hydrogen) atoms. The van der Waals surface area contributed by atoms with Crippen LogP contribution in [0.25, 0.3) is 0 Å². The number of aliphatic hydroxyl groups is 1. The molecule has 0 spiro atoms. The standard InChI is InChI=1S/C15H24N4O6/c1-8(11(20)12(16)21)17-13(22)9-4-6-18(7-9)14(23)10-3-2-5-19(10)15(24)25/h8-11,20H,2-7H2,1H3,(H2,16,21)(H,17,22)(H,24,25)/t8-,9+,10-,11+/m0/s1. The average molecular weight is 356 g/mol. The van der Waals surface area contributed by atoms with Gasteiger partial charge in [0, 0.05) is 19.6 Å². The summed E-state index contributed by atoms with van der Waals surface area (Å²) < 4.78 is 0. The van der Waals surface area contributed by atoms with Gasteiger partial charge in [0.25, 0.3) is 0 Å². The molecular weight excluding hydrogens is 332 g/mol. The zero-order valence-electron chi connectivity index (χ0n) is 14.1. The van der Waals surface area contributed by atoms with Gasteiger partial charge in [-0.25, -0.2) is 4.79 Å². The van der Waals surface area contributed by atoms with Crippen molar-refractivity contribution in [2.24, 2.45) is 11.7 Å². The highest BCUT2D eigenvalue weighted by Crippen LogP contribution is 2.24. The Balaban J connectivity index is 1.90. The van der Waals surface area contributed by atoms with E-state index in [-0.39, 0.29) is 18.4 Å². The van der Waals surface area contributed by atoms with E-state index in [1.807, 2.05) is 0 Å². The predicted octanol–water partition coefficient (Wildman–Crippen LogP) is -1.67. The van der Waals surface area contributed by atoms with E-state index in [4.69, 9.17) is 10.8 Å². The van der Waals surface area contributed by atoms with Crippen molar-refractivity contribution in [3.05, 3.63) is 0 Å². The Kier molecular flexibility index (Phi) is 5.83. The van der Waals surface area contributed by atoms with Gasteiger partial charge in [-0.1, -0.05) is 0 Å². The minimum absolute atomic E-state index is 0.189. The Bertz CT molecular complexity index is 568. The fraction of sp³-hybridized carbons (Fsp3) is 0.733. The van der Waals surface area contributed by atoms with Crippen LogP contribution in [-0.4, -0.2) is 81.6 Å². The summed E-state index contributed by atoms with van der Waals surface area (Å²) in [6, 6.07) is -1.51. The first-order valence-corrected chi connectivity index (χ1v) is 8.28. The first-order chi connectivity index (χ1) is 11.7. The number of carbonyl (C=O) groups is 4. The zero-order valence-corrected chi connectivity index (χ0v) is 14.1. The molecule has 0 aromatic carbocycles. The molecule has 10 nitrogen and oxygen atoms in total. The van der Waals surface area contributed by atoms with Crippen LogP contribution < -0.4 is 11.1 Å². The van der Waals surface area contributed by atoms with Gasteiger partial charge < -0.3 is 26.2 Å². The molecule has 0 aromatic rings. The summed E-state index contributed by atoms with van der Waals surface area (Å²) in [5, 5.41) is 21.2. The average Bonchev–Trinajstić information content (AvgIpc) is 3.22. The van der Waals surface area contributed by atoms with Crippen LogP contribution in [-0.2, 0) is 14.4 Å². The molecule has 10 heteroatoms. The van der Waals surface area contributed by atoms with E-state index in [2.05, 4.69) is 5.32 Å². The van der Waals surface area contributed by atoms with Crippen LogP contribution in [0.3, 0.4) is 0 Å². The topological polar surface area (TPSA) is 153 Å². The Hall–Kier alpha value is -2.36. The highest BCUT2D eigenvalue weighted by molar-refractivity contribution is 5.88. The van der Waals surface area contributed by atoms with Crippen LogP contribution in [0, 0.1) is 5.92 Å². The van der Waals surface area contributed by atoms with Crippen LogP contribution in [0.1, 0.15) is 26.2 Å². The molecule has 0 radical (unpaired) electrons. The lowest BCUT2D eigenvalue weighted by Crippen LogP contribution is -2.50. The summed E-state index contributed by atoms with van der Waals surface area (Å²) in [7, 11) is 0. The smallest absolute Gasteiger partial charge is 0.407 e. The molecule has 140 valence electrons. The van der Waals surface area contributed by atoms with E-state index >= 15 is 0 Å². The molecule has 5 N–H and O–H groups in total. The summed E-state index contributed by atoms with van der Waals surface area (Å²) in [5.74, 6) is -2.04. The Morgan fingerprint density at radius 1 is 1.20 bits per heavy atom. The number of carboxylic acid groups (broad SMARTS) is 1. The van der Waals surface area contributed by atoms with Crippen molar-refractivity contribution in [1.29, 1.82) is 0 Å². The van der Waals surface area contributed by atoms with Gasteiger partial charge in [0.15, 0.2) is 6.10 Å². The normalized spacial score (nSPS) is 25.5. The maximum Gasteiger partial charge on any atom is 0.407 e. The van der Waals surface area contributed by atoms with Crippen molar-refractivity contribution < 1.29 is 29.4 Å². The van der Waals surface area contributed by atoms with Gasteiger partial charge in [-0.15, -0.1) is 0 Å². The minimum Gasteiger partial charge on any atom is -0.465 e. The number of nitrogens with zero attached hydrogens (tertiary/aromatic N) is 2. The van der Waals surface area contributed by atoms with Crippen LogP contribution in [0.15, 0.2) is 0 Å². The van der Waals surface area contributed by atoms with E-state index in [0.717, 1.165) is 4.90 Å². The third kappa shape index (κ3) is 4.19. The lowest BCUT2D eigenvalue weighted by atomic mass is 10.1. The number of primary amides is 1. The Morgan fingerprint density at radius 3 is 2.48 bits per heavy atom. The van der Waals surface area contributed by atoms with E-state index in [0.29, 0.717) is 32.4 Å². The lowest BCUT2D eigenvalue weighted by molar-refractivity contribution is -0.134. The fourth-order valence-electron chi connectivity index (χ4n) is 3.31. The quantitative estimate of drug-likeness (QED) is 0.462. The zero-order chi connectivity index (χ0) is 18.7. The highest BCUT2D eigenvalue weighted by Gasteiger charge is 2.40. The molecule has 2 fully saturated rings. The largest absolute Gasteiger partial charge is 0.465 e. The van der Waals surface area contributed by atoms with E-state index in [1.54, 1.807) is 0 Å². The molecule has 2 aliphatic rings. The van der Waals surface area contributed by atoms with Crippen molar-refractivity contribution in [2.75, 3.05) is 19.6 Å². The van der Waals surface area contributed by atoms with Crippen molar-refractivity contribution in [3.8, 4) is 0 Å². The number of nitrogens with one attached hydrogen (secondary N) is 1. The second-order valence-electron chi connectivity index (χ2n) is 6.55. The lowest BCUT2D eigenvalue weighted by Gasteiger charge is -2.26. The number of carbonyl (C=O) groups excluding carboxylic acids is 3. The summed E-state index contributed by atoms with van der Waals surface area (Å²) >= 11 is 0. The third-order valence-corrected chi connectivity index (χ3v) is 4.79. The van der Waals surface area contributed by atoms with Crippen LogP contribution in [0.2, 0.25) is 0 Å². The van der Waals surface area contributed by atoms with Crippen LogP contribution in [0.5, 0.6) is 0 Å². The number of likely N-dealkylation sites (tertiary alicyclic amines) is 2. The van der Waals surface area contributed by atoms with E-state index < -0.39 is 36.1 Å².